The topological polar surface area (TPSA) is 96.6 Å². The van der Waals surface area contributed by atoms with E-state index in [0.29, 0.717) is 16.9 Å². The van der Waals surface area contributed by atoms with Crippen LogP contribution in [0.3, 0.4) is 0 Å². The Morgan fingerprint density at radius 1 is 1.29 bits per heavy atom. The summed E-state index contributed by atoms with van der Waals surface area (Å²) >= 11 is 1.14. The number of aromatic nitrogens is 3. The molecule has 8 heteroatoms. The molecule has 0 aliphatic rings. The third-order valence-electron chi connectivity index (χ3n) is 3.59. The van der Waals surface area contributed by atoms with E-state index in [9.17, 15) is 9.59 Å². The molecule has 0 bridgehead atoms. The maximum absolute atomic E-state index is 12.6. The molecule has 24 heavy (non-hydrogen) atoms. The van der Waals surface area contributed by atoms with E-state index in [1.54, 1.807) is 17.5 Å². The third kappa shape index (κ3) is 2.88. The summed E-state index contributed by atoms with van der Waals surface area (Å²) in [5, 5.41) is 16.1. The first-order valence-electron chi connectivity index (χ1n) is 7.30. The number of carbonyl (C=O) groups excluding carboxylic acids is 1. The summed E-state index contributed by atoms with van der Waals surface area (Å²) in [5.74, 6) is -1.24. The zero-order chi connectivity index (χ0) is 17.4. The molecule has 0 fully saturated rings. The number of fused-ring (bicyclic) bond motifs is 1. The third-order valence-corrected chi connectivity index (χ3v) is 4.67. The molecule has 0 aliphatic heterocycles. The van der Waals surface area contributed by atoms with Gasteiger partial charge in [0.1, 0.15) is 10.4 Å². The lowest BCUT2D eigenvalue weighted by molar-refractivity contribution is 0.0702. The average molecular weight is 344 g/mol. The van der Waals surface area contributed by atoms with Crippen molar-refractivity contribution in [2.24, 2.45) is 0 Å². The molecule has 0 aromatic carbocycles. The lowest BCUT2D eigenvalue weighted by Crippen LogP contribution is -2.23. The molecule has 124 valence electrons. The van der Waals surface area contributed by atoms with E-state index in [1.165, 1.54) is 6.07 Å². The van der Waals surface area contributed by atoms with Crippen molar-refractivity contribution < 1.29 is 14.7 Å². The summed E-state index contributed by atoms with van der Waals surface area (Å²) in [7, 11) is 0. The summed E-state index contributed by atoms with van der Waals surface area (Å²) in [6.45, 7) is 5.81. The summed E-state index contributed by atoms with van der Waals surface area (Å²) in [6, 6.07) is 5.13. The maximum Gasteiger partial charge on any atom is 0.345 e. The van der Waals surface area contributed by atoms with Crippen LogP contribution in [0, 0.1) is 20.8 Å². The molecule has 3 rings (SSSR count). The first-order chi connectivity index (χ1) is 11.4. The van der Waals surface area contributed by atoms with Gasteiger partial charge in [-0.3, -0.25) is 4.79 Å². The van der Waals surface area contributed by atoms with Crippen LogP contribution in [0.1, 0.15) is 42.0 Å². The molecule has 0 aliphatic carbocycles. The molecule has 1 amide bonds. The molecule has 0 radical (unpaired) electrons. The van der Waals surface area contributed by atoms with Crippen LogP contribution < -0.4 is 5.32 Å². The highest BCUT2D eigenvalue weighted by molar-refractivity contribution is 7.13. The lowest BCUT2D eigenvalue weighted by Gasteiger charge is -2.04. The number of aryl methyl sites for hydroxylation is 3. The highest BCUT2D eigenvalue weighted by Gasteiger charge is 2.19. The van der Waals surface area contributed by atoms with E-state index < -0.39 is 5.97 Å². The van der Waals surface area contributed by atoms with E-state index >= 15 is 0 Å². The zero-order valence-electron chi connectivity index (χ0n) is 13.5. The smallest absolute Gasteiger partial charge is 0.345 e. The van der Waals surface area contributed by atoms with Gasteiger partial charge in [-0.15, -0.1) is 11.3 Å². The monoisotopic (exact) mass is 344 g/mol. The minimum atomic E-state index is -0.966. The molecule has 0 saturated carbocycles. The Kier molecular flexibility index (Phi) is 4.06. The molecule has 0 atom stereocenters. The van der Waals surface area contributed by atoms with Gasteiger partial charge >= 0.3 is 5.97 Å². The number of rotatable bonds is 4. The van der Waals surface area contributed by atoms with Gasteiger partial charge in [0.2, 0.25) is 0 Å². The Balaban J connectivity index is 1.86. The van der Waals surface area contributed by atoms with Gasteiger partial charge in [0, 0.05) is 16.3 Å². The number of hydrogen-bond acceptors (Lipinski definition) is 5. The molecule has 0 saturated heterocycles. The quantitative estimate of drug-likeness (QED) is 0.757. The fraction of sp³-hybridized carbons (Fsp3) is 0.250. The molecule has 0 spiro atoms. The van der Waals surface area contributed by atoms with Gasteiger partial charge in [0.05, 0.1) is 12.2 Å². The van der Waals surface area contributed by atoms with Gasteiger partial charge < -0.3 is 10.4 Å². The highest BCUT2D eigenvalue weighted by Crippen LogP contribution is 2.18. The van der Waals surface area contributed by atoms with E-state index in [-0.39, 0.29) is 17.3 Å². The van der Waals surface area contributed by atoms with Crippen molar-refractivity contribution in [1.29, 1.82) is 0 Å². The van der Waals surface area contributed by atoms with E-state index in [0.717, 1.165) is 27.6 Å². The Morgan fingerprint density at radius 2 is 2.04 bits per heavy atom. The normalized spacial score (nSPS) is 11.0. The number of thiophene rings is 1. The van der Waals surface area contributed by atoms with E-state index in [2.05, 4.69) is 15.4 Å². The van der Waals surface area contributed by atoms with Crippen molar-refractivity contribution in [2.45, 2.75) is 27.3 Å². The van der Waals surface area contributed by atoms with Gasteiger partial charge in [0.25, 0.3) is 5.91 Å². The van der Waals surface area contributed by atoms with Gasteiger partial charge in [-0.05, 0) is 39.0 Å². The van der Waals surface area contributed by atoms with Crippen LogP contribution in [-0.2, 0) is 6.54 Å². The predicted octanol–water partition coefficient (Wildman–Crippen LogP) is 2.34. The molecule has 0 unspecified atom stereocenters. The summed E-state index contributed by atoms with van der Waals surface area (Å²) in [4.78, 5) is 28.9. The van der Waals surface area contributed by atoms with Crippen LogP contribution in [0.2, 0.25) is 0 Å². The Bertz CT molecular complexity index is 958. The standard InChI is InChI=1S/C16H16N4O3S/c1-8-6-9(2)20-14(18-8)13(10(3)19-20)15(21)17-7-11-4-5-12(24-11)16(22)23/h4-6H,7H2,1-3H3,(H,17,21)(H,22,23). The van der Waals surface area contributed by atoms with Crippen molar-refractivity contribution in [3.63, 3.8) is 0 Å². The second-order valence-corrected chi connectivity index (χ2v) is 6.66. The molecule has 7 nitrogen and oxygen atoms in total. The van der Waals surface area contributed by atoms with Gasteiger partial charge in [-0.2, -0.15) is 5.10 Å². The van der Waals surface area contributed by atoms with Crippen LogP contribution in [0.25, 0.3) is 5.65 Å². The van der Waals surface area contributed by atoms with Crippen LogP contribution >= 0.6 is 11.3 Å². The van der Waals surface area contributed by atoms with Crippen LogP contribution in [0.5, 0.6) is 0 Å². The molecule has 3 heterocycles. The number of hydrogen-bond donors (Lipinski definition) is 2. The maximum atomic E-state index is 12.6. The van der Waals surface area contributed by atoms with Crippen molar-refractivity contribution in [3.05, 3.63) is 50.6 Å². The van der Waals surface area contributed by atoms with Gasteiger partial charge in [0.15, 0.2) is 5.65 Å². The molecule has 3 aromatic rings. The minimum Gasteiger partial charge on any atom is -0.477 e. The Hall–Kier alpha value is -2.74. The summed E-state index contributed by atoms with van der Waals surface area (Å²) < 4.78 is 1.66. The van der Waals surface area contributed by atoms with Crippen LogP contribution in [0.15, 0.2) is 18.2 Å². The van der Waals surface area contributed by atoms with Crippen molar-refractivity contribution in [3.8, 4) is 0 Å². The average Bonchev–Trinajstić information content (AvgIpc) is 3.09. The van der Waals surface area contributed by atoms with E-state index in [1.807, 2.05) is 19.9 Å². The molecular weight excluding hydrogens is 328 g/mol. The second-order valence-electron chi connectivity index (χ2n) is 5.49. The number of amides is 1. The largest absolute Gasteiger partial charge is 0.477 e. The number of carbonyl (C=O) groups is 2. The number of carboxylic acid groups (broad SMARTS) is 1. The molecular formula is C16H16N4O3S. The summed E-state index contributed by atoms with van der Waals surface area (Å²) in [5.41, 5.74) is 3.30. The van der Waals surface area contributed by atoms with Gasteiger partial charge in [-0.25, -0.2) is 14.3 Å². The van der Waals surface area contributed by atoms with Crippen molar-refractivity contribution in [2.75, 3.05) is 0 Å². The van der Waals surface area contributed by atoms with Crippen LogP contribution in [-0.4, -0.2) is 31.6 Å². The van der Waals surface area contributed by atoms with Crippen LogP contribution in [0.4, 0.5) is 0 Å². The predicted molar refractivity (Wildman–Crippen MR) is 89.6 cm³/mol. The molecule has 2 N–H and O–H groups in total. The number of aromatic carboxylic acids is 1. The number of nitrogens with one attached hydrogen (secondary N) is 1. The highest BCUT2D eigenvalue weighted by atomic mass is 32.1. The fourth-order valence-electron chi connectivity index (χ4n) is 2.54. The number of nitrogens with zero attached hydrogens (tertiary/aromatic N) is 3. The first kappa shape index (κ1) is 16.1. The SMILES string of the molecule is Cc1cc(C)n2nc(C)c(C(=O)NCc3ccc(C(=O)O)s3)c2n1. The summed E-state index contributed by atoms with van der Waals surface area (Å²) in [6.07, 6.45) is 0. The fourth-order valence-corrected chi connectivity index (χ4v) is 3.32. The van der Waals surface area contributed by atoms with Crippen molar-refractivity contribution in [1.82, 2.24) is 19.9 Å². The molecule has 3 aromatic heterocycles. The number of carboxylic acids is 1. The van der Waals surface area contributed by atoms with E-state index in [4.69, 9.17) is 5.11 Å². The van der Waals surface area contributed by atoms with Crippen molar-refractivity contribution >= 4 is 28.9 Å². The Labute approximate surface area is 142 Å². The second kappa shape index (κ2) is 6.04. The Morgan fingerprint density at radius 3 is 2.71 bits per heavy atom. The lowest BCUT2D eigenvalue weighted by atomic mass is 10.2. The zero-order valence-corrected chi connectivity index (χ0v) is 14.3. The van der Waals surface area contributed by atoms with Gasteiger partial charge in [-0.1, -0.05) is 0 Å². The minimum absolute atomic E-state index is 0.249. The first-order valence-corrected chi connectivity index (χ1v) is 8.12.